The van der Waals surface area contributed by atoms with Crippen LogP contribution in [0.2, 0.25) is 0 Å². The predicted molar refractivity (Wildman–Crippen MR) is 127 cm³/mol. The van der Waals surface area contributed by atoms with Crippen molar-refractivity contribution in [1.82, 2.24) is 0 Å². The van der Waals surface area contributed by atoms with Gasteiger partial charge in [0, 0.05) is 19.3 Å². The van der Waals surface area contributed by atoms with Crippen molar-refractivity contribution in [2.75, 3.05) is 0 Å². The maximum Gasteiger partial charge on any atom is 0.0531 e. The quantitative estimate of drug-likeness (QED) is 0.254. The van der Waals surface area contributed by atoms with Gasteiger partial charge in [0.15, 0.2) is 0 Å². The zero-order valence-electron chi connectivity index (χ0n) is 12.5. The topological polar surface area (TPSA) is 0 Å². The Kier molecular flexibility index (Phi) is 9.55. The minimum atomic E-state index is 0.216. The molecule has 0 aliphatic heterocycles. The first-order valence-electron chi connectivity index (χ1n) is 7.37. The van der Waals surface area contributed by atoms with Crippen molar-refractivity contribution in [3.05, 3.63) is 71.8 Å². The van der Waals surface area contributed by atoms with Crippen LogP contribution in [-0.2, 0) is 0 Å². The fraction of sp³-hybridized carbons (Fsp3) is 0.333. The largest absolute Gasteiger partial charge is 0.0865 e. The average molecular weight is 712 g/mol. The van der Waals surface area contributed by atoms with Crippen LogP contribution in [-0.4, -0.2) is 19.3 Å². The van der Waals surface area contributed by atoms with Crippen LogP contribution in [0.4, 0.5) is 0 Å². The Balaban J connectivity index is 2.06. The van der Waals surface area contributed by atoms with Crippen LogP contribution in [0.1, 0.15) is 20.8 Å². The number of hydrogen-bond donors (Lipinski definition) is 0. The van der Waals surface area contributed by atoms with Gasteiger partial charge < -0.3 is 0 Å². The molecule has 2 rings (SSSR count). The van der Waals surface area contributed by atoms with Gasteiger partial charge in [-0.05, 0) is 11.1 Å². The fourth-order valence-corrected chi connectivity index (χ4v) is 7.76. The van der Waals surface area contributed by atoms with E-state index in [9.17, 15) is 0 Å². The molecule has 24 heavy (non-hydrogen) atoms. The predicted octanol–water partition coefficient (Wildman–Crippen LogP) is 8.31. The normalized spacial score (nSPS) is 19.1. The molecule has 2 aromatic carbocycles. The number of halogens is 6. The van der Waals surface area contributed by atoms with Crippen molar-refractivity contribution in [3.63, 3.8) is 0 Å². The fourth-order valence-electron chi connectivity index (χ4n) is 2.32. The summed E-state index contributed by atoms with van der Waals surface area (Å²) >= 11 is 23.1. The van der Waals surface area contributed by atoms with E-state index in [4.69, 9.17) is 0 Å². The molecule has 0 aromatic heterocycles. The molecule has 0 N–H and O–H groups in total. The summed E-state index contributed by atoms with van der Waals surface area (Å²) in [6, 6.07) is 20.9. The average Bonchev–Trinajstić information content (AvgIpc) is 2.65. The van der Waals surface area contributed by atoms with Gasteiger partial charge >= 0.3 is 0 Å². The molecule has 0 aliphatic rings. The van der Waals surface area contributed by atoms with Gasteiger partial charge in [-0.1, -0.05) is 156 Å². The van der Waals surface area contributed by atoms with Crippen LogP contribution in [0.3, 0.4) is 0 Å². The molecule has 0 saturated heterocycles. The Morgan fingerprint density at radius 1 is 0.417 bits per heavy atom. The van der Waals surface area contributed by atoms with Gasteiger partial charge in [0.05, 0.1) is 9.65 Å². The third kappa shape index (κ3) is 5.66. The van der Waals surface area contributed by atoms with E-state index in [1.165, 1.54) is 11.1 Å². The third-order valence-electron chi connectivity index (χ3n) is 3.71. The summed E-state index contributed by atoms with van der Waals surface area (Å²) in [5, 5.41) is 0. The second kappa shape index (κ2) is 10.6. The lowest BCUT2D eigenvalue weighted by atomic mass is 10.0. The summed E-state index contributed by atoms with van der Waals surface area (Å²) < 4.78 is 0. The molecule has 0 bridgehead atoms. The highest BCUT2D eigenvalue weighted by molar-refractivity contribution is 9.15. The van der Waals surface area contributed by atoms with Crippen molar-refractivity contribution in [3.8, 4) is 0 Å². The Bertz CT molecular complexity index is 550. The number of alkyl halides is 6. The lowest BCUT2D eigenvalue weighted by Gasteiger charge is -2.31. The summed E-state index contributed by atoms with van der Waals surface area (Å²) in [4.78, 5) is 1.31. The van der Waals surface area contributed by atoms with Crippen molar-refractivity contribution >= 4 is 95.6 Å². The molecule has 0 nitrogen and oxygen atoms in total. The number of benzene rings is 2. The van der Waals surface area contributed by atoms with Gasteiger partial charge in [-0.3, -0.25) is 0 Å². The lowest BCUT2D eigenvalue weighted by Crippen LogP contribution is -2.34. The first-order valence-corrected chi connectivity index (χ1v) is 12.9. The van der Waals surface area contributed by atoms with E-state index in [0.29, 0.717) is 0 Å². The van der Waals surface area contributed by atoms with Crippen LogP contribution < -0.4 is 0 Å². The molecule has 130 valence electrons. The van der Waals surface area contributed by atoms with E-state index in [0.717, 1.165) is 0 Å². The molecule has 0 radical (unpaired) electrons. The molecule has 0 amide bonds. The van der Waals surface area contributed by atoms with E-state index in [2.05, 4.69) is 144 Å². The molecular weight excluding hydrogens is 696 g/mol. The van der Waals surface area contributed by atoms with E-state index in [-0.39, 0.29) is 29.0 Å². The summed E-state index contributed by atoms with van der Waals surface area (Å²) in [6.07, 6.45) is 0. The maximum absolute atomic E-state index is 3.87. The molecule has 0 aliphatic carbocycles. The van der Waals surface area contributed by atoms with Gasteiger partial charge in [0.1, 0.15) is 0 Å². The monoisotopic (exact) mass is 706 g/mol. The van der Waals surface area contributed by atoms with Gasteiger partial charge in [0.25, 0.3) is 0 Å². The van der Waals surface area contributed by atoms with Crippen LogP contribution in [0.15, 0.2) is 60.7 Å². The van der Waals surface area contributed by atoms with E-state index in [1.807, 2.05) is 12.1 Å². The van der Waals surface area contributed by atoms with Gasteiger partial charge in [-0.2, -0.15) is 0 Å². The van der Waals surface area contributed by atoms with Crippen molar-refractivity contribution in [2.45, 2.75) is 29.0 Å². The van der Waals surface area contributed by atoms with Crippen LogP contribution >= 0.6 is 95.6 Å². The highest BCUT2D eigenvalue weighted by Crippen LogP contribution is 2.43. The van der Waals surface area contributed by atoms with Crippen LogP contribution in [0.5, 0.6) is 0 Å². The highest BCUT2D eigenvalue weighted by atomic mass is 79.9. The molecule has 6 atom stereocenters. The first-order chi connectivity index (χ1) is 11.4. The second-order valence-electron chi connectivity index (χ2n) is 5.40. The smallest absolute Gasteiger partial charge is 0.0531 e. The highest BCUT2D eigenvalue weighted by Gasteiger charge is 2.36. The van der Waals surface area contributed by atoms with E-state index >= 15 is 0 Å². The molecule has 0 fully saturated rings. The first kappa shape index (κ1) is 21.6. The standard InChI is InChI=1S/C18H16Br6/c19-13(11-7-3-1-4-8-11)15(21)17(23)18(24)16(22)14(20)12-9-5-2-6-10-12/h1-10,13-18H. The van der Waals surface area contributed by atoms with E-state index < -0.39 is 0 Å². The molecule has 0 heterocycles. The molecule has 2 aromatic rings. The van der Waals surface area contributed by atoms with Gasteiger partial charge in [-0.15, -0.1) is 0 Å². The SMILES string of the molecule is BrC(c1ccccc1)C(Br)C(Br)C(Br)C(Br)C(Br)c1ccccc1. The second-order valence-corrected chi connectivity index (χ2v) is 11.6. The minimum Gasteiger partial charge on any atom is -0.0865 e. The summed E-state index contributed by atoms with van der Waals surface area (Å²) in [6.45, 7) is 0. The third-order valence-corrected chi connectivity index (χ3v) is 13.9. The molecular formula is C18H16Br6. The zero-order chi connectivity index (χ0) is 17.7. The van der Waals surface area contributed by atoms with Crippen molar-refractivity contribution in [2.24, 2.45) is 0 Å². The maximum atomic E-state index is 3.87. The molecule has 0 spiro atoms. The van der Waals surface area contributed by atoms with Crippen molar-refractivity contribution < 1.29 is 0 Å². The van der Waals surface area contributed by atoms with Crippen LogP contribution in [0.25, 0.3) is 0 Å². The summed E-state index contributed by atoms with van der Waals surface area (Å²) in [7, 11) is 0. The molecule has 0 saturated carbocycles. The van der Waals surface area contributed by atoms with Crippen LogP contribution in [0, 0.1) is 0 Å². The molecule has 6 heteroatoms. The Labute approximate surface area is 194 Å². The Morgan fingerprint density at radius 2 is 0.708 bits per heavy atom. The minimum absolute atomic E-state index is 0.216. The summed E-state index contributed by atoms with van der Waals surface area (Å²) in [5.74, 6) is 0. The Morgan fingerprint density at radius 3 is 1.00 bits per heavy atom. The number of rotatable bonds is 7. The molecule has 6 unspecified atom stereocenters. The summed E-state index contributed by atoms with van der Waals surface area (Å²) in [5.41, 5.74) is 2.51. The van der Waals surface area contributed by atoms with Gasteiger partial charge in [0.2, 0.25) is 0 Å². The lowest BCUT2D eigenvalue weighted by molar-refractivity contribution is 0.717. The van der Waals surface area contributed by atoms with Crippen molar-refractivity contribution in [1.29, 1.82) is 0 Å². The number of hydrogen-bond acceptors (Lipinski definition) is 0. The van der Waals surface area contributed by atoms with Gasteiger partial charge in [-0.25, -0.2) is 0 Å². The zero-order valence-corrected chi connectivity index (χ0v) is 22.0. The Hall–Kier alpha value is 1.32. The van der Waals surface area contributed by atoms with E-state index in [1.54, 1.807) is 0 Å².